The maximum atomic E-state index is 9.73. The molecule has 1 saturated carbocycles. The number of nitrogens with zero attached hydrogens (tertiary/aromatic N) is 4. The van der Waals surface area contributed by atoms with Crippen molar-refractivity contribution < 1.29 is 5.11 Å². The molecule has 128 valence electrons. The van der Waals surface area contributed by atoms with Crippen LogP contribution in [-0.4, -0.2) is 31.5 Å². The molecule has 0 radical (unpaired) electrons. The summed E-state index contributed by atoms with van der Waals surface area (Å²) >= 11 is 0. The summed E-state index contributed by atoms with van der Waals surface area (Å²) < 4.78 is 1.91. The maximum Gasteiger partial charge on any atom is 0.115 e. The number of hydrogen-bond donors (Lipinski definition) is 1. The lowest BCUT2D eigenvalue weighted by Crippen LogP contribution is -2.26. The molecule has 5 nitrogen and oxygen atoms in total. The van der Waals surface area contributed by atoms with Gasteiger partial charge in [-0.3, -0.25) is 4.90 Å². The predicted octanol–water partition coefficient (Wildman–Crippen LogP) is 3.39. The molecule has 0 saturated heterocycles. The van der Waals surface area contributed by atoms with Gasteiger partial charge in [0.2, 0.25) is 0 Å². The van der Waals surface area contributed by atoms with E-state index in [2.05, 4.69) is 21.3 Å². The Kier molecular flexibility index (Phi) is 4.48. The lowest BCUT2D eigenvalue weighted by atomic mass is 10.2. The predicted molar refractivity (Wildman–Crippen MR) is 96.3 cm³/mol. The van der Waals surface area contributed by atoms with Crippen LogP contribution in [0.15, 0.2) is 60.8 Å². The first-order valence-corrected chi connectivity index (χ1v) is 8.73. The van der Waals surface area contributed by atoms with Crippen molar-refractivity contribution in [3.8, 4) is 11.4 Å². The van der Waals surface area contributed by atoms with Gasteiger partial charge in [0, 0.05) is 19.6 Å². The Labute approximate surface area is 147 Å². The van der Waals surface area contributed by atoms with Gasteiger partial charge in [0.25, 0.3) is 0 Å². The van der Waals surface area contributed by atoms with E-state index < -0.39 is 0 Å². The Bertz CT molecular complexity index is 826. The topological polar surface area (TPSA) is 54.2 Å². The average molecular weight is 334 g/mol. The second kappa shape index (κ2) is 7.07. The molecule has 0 aliphatic heterocycles. The summed E-state index contributed by atoms with van der Waals surface area (Å²) in [6, 6.07) is 17.6. The van der Waals surface area contributed by atoms with Crippen molar-refractivity contribution in [1.29, 1.82) is 0 Å². The van der Waals surface area contributed by atoms with Crippen molar-refractivity contribution in [2.45, 2.75) is 25.9 Å². The van der Waals surface area contributed by atoms with Crippen molar-refractivity contribution in [2.75, 3.05) is 6.54 Å². The first kappa shape index (κ1) is 15.8. The summed E-state index contributed by atoms with van der Waals surface area (Å²) in [5.41, 5.74) is 3.23. The molecule has 1 heterocycles. The van der Waals surface area contributed by atoms with E-state index in [0.717, 1.165) is 42.5 Å². The molecule has 2 aromatic carbocycles. The van der Waals surface area contributed by atoms with Gasteiger partial charge in [-0.05, 0) is 48.6 Å². The molecular formula is C20H22N4O. The van der Waals surface area contributed by atoms with Crippen LogP contribution in [-0.2, 0) is 13.1 Å². The summed E-state index contributed by atoms with van der Waals surface area (Å²) in [5.74, 6) is 1.11. The Morgan fingerprint density at radius 3 is 2.64 bits per heavy atom. The second-order valence-corrected chi connectivity index (χ2v) is 6.76. The molecule has 1 N–H and O–H groups in total. The zero-order valence-electron chi connectivity index (χ0n) is 14.1. The third-order valence-electron chi connectivity index (χ3n) is 4.54. The van der Waals surface area contributed by atoms with Crippen LogP contribution in [0.1, 0.15) is 24.1 Å². The van der Waals surface area contributed by atoms with Gasteiger partial charge in [-0.15, -0.1) is 5.10 Å². The number of aromatic hydroxyl groups is 1. The zero-order chi connectivity index (χ0) is 17.1. The first-order chi connectivity index (χ1) is 12.3. The van der Waals surface area contributed by atoms with Gasteiger partial charge in [0.15, 0.2) is 0 Å². The normalized spacial score (nSPS) is 14.1. The van der Waals surface area contributed by atoms with E-state index in [-0.39, 0.29) is 0 Å². The third-order valence-corrected chi connectivity index (χ3v) is 4.54. The lowest BCUT2D eigenvalue weighted by Gasteiger charge is -2.22. The molecule has 1 aromatic heterocycles. The standard InChI is InChI=1S/C20H22N4O/c25-20-8-4-5-17(11-20)14-23(13-16-9-10-16)15-19-12-21-22-24(19)18-6-2-1-3-7-18/h1-8,11-12,16,25H,9-10,13-15H2. The van der Waals surface area contributed by atoms with E-state index in [1.54, 1.807) is 6.07 Å². The molecule has 0 atom stereocenters. The van der Waals surface area contributed by atoms with Gasteiger partial charge < -0.3 is 5.11 Å². The highest BCUT2D eigenvalue weighted by molar-refractivity contribution is 5.31. The number of phenolic OH excluding ortho intramolecular Hbond substituents is 1. The van der Waals surface area contributed by atoms with Crippen LogP contribution in [0.25, 0.3) is 5.69 Å². The third kappa shape index (κ3) is 4.06. The second-order valence-electron chi connectivity index (χ2n) is 6.76. The summed E-state index contributed by atoms with van der Waals surface area (Å²) in [6.45, 7) is 2.66. The molecule has 25 heavy (non-hydrogen) atoms. The Morgan fingerprint density at radius 2 is 1.88 bits per heavy atom. The largest absolute Gasteiger partial charge is 0.508 e. The summed E-state index contributed by atoms with van der Waals surface area (Å²) in [7, 11) is 0. The highest BCUT2D eigenvalue weighted by Crippen LogP contribution is 2.31. The maximum absolute atomic E-state index is 9.73. The number of para-hydroxylation sites is 1. The number of rotatable bonds is 7. The fraction of sp³-hybridized carbons (Fsp3) is 0.300. The van der Waals surface area contributed by atoms with Crippen molar-refractivity contribution >= 4 is 0 Å². The summed E-state index contributed by atoms with van der Waals surface area (Å²) in [4.78, 5) is 2.42. The Hall–Kier alpha value is -2.66. The van der Waals surface area contributed by atoms with Crippen molar-refractivity contribution in [3.05, 3.63) is 72.1 Å². The fourth-order valence-electron chi connectivity index (χ4n) is 3.14. The molecule has 0 spiro atoms. The average Bonchev–Trinajstić information content (AvgIpc) is 3.31. The SMILES string of the molecule is Oc1cccc(CN(Cc2cnnn2-c2ccccc2)CC2CC2)c1. The molecule has 1 fully saturated rings. The monoisotopic (exact) mass is 334 g/mol. The van der Waals surface area contributed by atoms with Crippen LogP contribution < -0.4 is 0 Å². The molecule has 5 heteroatoms. The van der Waals surface area contributed by atoms with Crippen LogP contribution in [0.3, 0.4) is 0 Å². The zero-order valence-corrected chi connectivity index (χ0v) is 14.1. The molecule has 0 amide bonds. The van der Waals surface area contributed by atoms with Crippen molar-refractivity contribution in [1.82, 2.24) is 19.9 Å². The summed E-state index contributed by atoms with van der Waals surface area (Å²) in [5, 5.41) is 18.1. The van der Waals surface area contributed by atoms with Crippen LogP contribution >= 0.6 is 0 Å². The van der Waals surface area contributed by atoms with Crippen LogP contribution in [0.2, 0.25) is 0 Å². The molecule has 1 aliphatic rings. The molecule has 0 bridgehead atoms. The summed E-state index contributed by atoms with van der Waals surface area (Å²) in [6.07, 6.45) is 4.47. The van der Waals surface area contributed by atoms with Gasteiger partial charge in [-0.25, -0.2) is 4.68 Å². The van der Waals surface area contributed by atoms with Crippen molar-refractivity contribution in [3.63, 3.8) is 0 Å². The molecule has 4 rings (SSSR count). The minimum Gasteiger partial charge on any atom is -0.508 e. The van der Waals surface area contributed by atoms with Crippen LogP contribution in [0.5, 0.6) is 5.75 Å². The van der Waals surface area contributed by atoms with E-state index in [0.29, 0.717) is 5.75 Å². The van der Waals surface area contributed by atoms with Gasteiger partial charge in [-0.2, -0.15) is 0 Å². The Morgan fingerprint density at radius 1 is 1.04 bits per heavy atom. The van der Waals surface area contributed by atoms with Gasteiger partial charge in [-0.1, -0.05) is 35.5 Å². The highest BCUT2D eigenvalue weighted by atomic mass is 16.3. The number of hydrogen-bond acceptors (Lipinski definition) is 4. The van der Waals surface area contributed by atoms with E-state index in [1.165, 1.54) is 12.8 Å². The highest BCUT2D eigenvalue weighted by Gasteiger charge is 2.25. The fourth-order valence-corrected chi connectivity index (χ4v) is 3.14. The minimum absolute atomic E-state index is 0.319. The number of aromatic nitrogens is 3. The number of phenols is 1. The van der Waals surface area contributed by atoms with Gasteiger partial charge in [0.05, 0.1) is 17.6 Å². The van der Waals surface area contributed by atoms with Crippen molar-refractivity contribution in [2.24, 2.45) is 5.92 Å². The van der Waals surface area contributed by atoms with E-state index in [1.807, 2.05) is 53.3 Å². The van der Waals surface area contributed by atoms with E-state index in [4.69, 9.17) is 0 Å². The molecule has 1 aliphatic carbocycles. The minimum atomic E-state index is 0.319. The van der Waals surface area contributed by atoms with E-state index >= 15 is 0 Å². The smallest absolute Gasteiger partial charge is 0.115 e. The Balaban J connectivity index is 1.54. The van der Waals surface area contributed by atoms with Gasteiger partial charge >= 0.3 is 0 Å². The molecular weight excluding hydrogens is 312 g/mol. The van der Waals surface area contributed by atoms with Crippen LogP contribution in [0.4, 0.5) is 0 Å². The molecule has 3 aromatic rings. The molecule has 0 unspecified atom stereocenters. The number of benzene rings is 2. The van der Waals surface area contributed by atoms with E-state index in [9.17, 15) is 5.11 Å². The van der Waals surface area contributed by atoms with Gasteiger partial charge in [0.1, 0.15) is 5.75 Å². The van der Waals surface area contributed by atoms with Crippen LogP contribution in [0, 0.1) is 5.92 Å². The quantitative estimate of drug-likeness (QED) is 0.720. The lowest BCUT2D eigenvalue weighted by molar-refractivity contribution is 0.240. The first-order valence-electron chi connectivity index (χ1n) is 8.73.